The molecular formula is C24H26NO. The Hall–Kier alpha value is -1.96. The summed E-state index contributed by atoms with van der Waals surface area (Å²) < 4.78 is 6.24. The number of fused-ring (bicyclic) bond motifs is 6. The molecule has 5 atom stereocenters. The Morgan fingerprint density at radius 3 is 2.69 bits per heavy atom. The van der Waals surface area contributed by atoms with Crippen molar-refractivity contribution in [3.05, 3.63) is 59.2 Å². The third kappa shape index (κ3) is 2.17. The lowest BCUT2D eigenvalue weighted by Crippen LogP contribution is -2.32. The van der Waals surface area contributed by atoms with E-state index in [0.29, 0.717) is 29.9 Å². The van der Waals surface area contributed by atoms with E-state index in [9.17, 15) is 0 Å². The van der Waals surface area contributed by atoms with Crippen molar-refractivity contribution in [2.75, 3.05) is 5.32 Å². The van der Waals surface area contributed by atoms with Gasteiger partial charge in [-0.2, -0.15) is 0 Å². The fraction of sp³-hybridized carbons (Fsp3) is 0.500. The maximum Gasteiger partial charge on any atom is 0.124 e. The Morgan fingerprint density at radius 2 is 1.69 bits per heavy atom. The van der Waals surface area contributed by atoms with Gasteiger partial charge in [0.05, 0.1) is 0 Å². The van der Waals surface area contributed by atoms with E-state index in [1.165, 1.54) is 67.3 Å². The van der Waals surface area contributed by atoms with Gasteiger partial charge < -0.3 is 10.1 Å². The third-order valence-electron chi connectivity index (χ3n) is 7.29. The fourth-order valence-corrected chi connectivity index (χ4v) is 6.07. The second kappa shape index (κ2) is 5.77. The SMILES string of the molecule is [c]1c(C2CCCC3c4ccccc4NC23)ccc2c1C1CCCCC1O2. The molecule has 2 fully saturated rings. The van der Waals surface area contributed by atoms with Crippen LogP contribution in [0.2, 0.25) is 0 Å². The van der Waals surface area contributed by atoms with Crippen molar-refractivity contribution in [3.8, 4) is 5.75 Å². The van der Waals surface area contributed by atoms with Crippen LogP contribution in [0, 0.1) is 6.07 Å². The lowest BCUT2D eigenvalue weighted by atomic mass is 9.72. The smallest absolute Gasteiger partial charge is 0.124 e. The normalized spacial score (nSPS) is 34.1. The van der Waals surface area contributed by atoms with Crippen molar-refractivity contribution in [2.24, 2.45) is 0 Å². The lowest BCUT2D eigenvalue weighted by molar-refractivity contribution is 0.164. The lowest BCUT2D eigenvalue weighted by Gasteiger charge is -2.34. The molecule has 6 rings (SSSR count). The molecule has 2 aliphatic heterocycles. The highest BCUT2D eigenvalue weighted by Gasteiger charge is 2.42. The van der Waals surface area contributed by atoms with Crippen molar-refractivity contribution in [3.63, 3.8) is 0 Å². The van der Waals surface area contributed by atoms with Crippen molar-refractivity contribution >= 4 is 5.69 Å². The van der Waals surface area contributed by atoms with E-state index in [0.717, 1.165) is 5.75 Å². The van der Waals surface area contributed by atoms with Gasteiger partial charge in [0.15, 0.2) is 0 Å². The highest BCUT2D eigenvalue weighted by atomic mass is 16.5. The monoisotopic (exact) mass is 344 g/mol. The molecule has 2 heteroatoms. The van der Waals surface area contributed by atoms with Crippen molar-refractivity contribution in [2.45, 2.75) is 74.8 Å². The topological polar surface area (TPSA) is 21.3 Å². The van der Waals surface area contributed by atoms with Gasteiger partial charge in [-0.25, -0.2) is 0 Å². The van der Waals surface area contributed by atoms with Crippen LogP contribution < -0.4 is 10.1 Å². The average Bonchev–Trinajstić information content (AvgIpc) is 3.25. The van der Waals surface area contributed by atoms with Crippen LogP contribution in [0.15, 0.2) is 36.4 Å². The molecule has 26 heavy (non-hydrogen) atoms. The molecule has 2 nitrogen and oxygen atoms in total. The maximum absolute atomic E-state index is 6.24. The molecular weight excluding hydrogens is 318 g/mol. The summed E-state index contributed by atoms with van der Waals surface area (Å²) in [6, 6.07) is 17.8. The Bertz CT molecular complexity index is 844. The van der Waals surface area contributed by atoms with Gasteiger partial charge in [0.2, 0.25) is 0 Å². The van der Waals surface area contributed by atoms with Crippen molar-refractivity contribution in [1.82, 2.24) is 0 Å². The van der Waals surface area contributed by atoms with Gasteiger partial charge in [-0.15, -0.1) is 0 Å². The van der Waals surface area contributed by atoms with Gasteiger partial charge in [0, 0.05) is 35.0 Å². The quantitative estimate of drug-likeness (QED) is 0.711. The molecule has 2 aromatic carbocycles. The average molecular weight is 344 g/mol. The zero-order valence-corrected chi connectivity index (χ0v) is 15.2. The van der Waals surface area contributed by atoms with E-state index in [-0.39, 0.29) is 0 Å². The molecule has 0 saturated heterocycles. The summed E-state index contributed by atoms with van der Waals surface area (Å²) in [4.78, 5) is 0. The van der Waals surface area contributed by atoms with E-state index in [1.54, 1.807) is 0 Å². The fourth-order valence-electron chi connectivity index (χ4n) is 6.07. The van der Waals surface area contributed by atoms with Gasteiger partial charge in [0.25, 0.3) is 0 Å². The van der Waals surface area contributed by atoms with Crippen LogP contribution in [0.4, 0.5) is 5.69 Å². The number of para-hydroxylation sites is 1. The Labute approximate surface area is 156 Å². The van der Waals surface area contributed by atoms with Crippen LogP contribution in [0.25, 0.3) is 0 Å². The molecule has 2 aliphatic carbocycles. The molecule has 2 heterocycles. The first-order valence-corrected chi connectivity index (χ1v) is 10.5. The number of hydrogen-bond acceptors (Lipinski definition) is 2. The van der Waals surface area contributed by atoms with Crippen LogP contribution in [-0.4, -0.2) is 12.1 Å². The molecule has 4 aliphatic rings. The van der Waals surface area contributed by atoms with Gasteiger partial charge in [0.1, 0.15) is 11.9 Å². The molecule has 1 radical (unpaired) electrons. The minimum Gasteiger partial charge on any atom is -0.489 e. The predicted molar refractivity (Wildman–Crippen MR) is 104 cm³/mol. The van der Waals surface area contributed by atoms with E-state index in [4.69, 9.17) is 4.74 Å². The Balaban J connectivity index is 1.34. The highest BCUT2D eigenvalue weighted by molar-refractivity contribution is 5.60. The Morgan fingerprint density at radius 1 is 0.846 bits per heavy atom. The molecule has 133 valence electrons. The number of hydrogen-bond donors (Lipinski definition) is 1. The second-order valence-corrected chi connectivity index (χ2v) is 8.64. The van der Waals surface area contributed by atoms with Gasteiger partial charge in [-0.3, -0.25) is 0 Å². The highest BCUT2D eigenvalue weighted by Crippen LogP contribution is 2.51. The van der Waals surface area contributed by atoms with Crippen LogP contribution in [-0.2, 0) is 0 Å². The van der Waals surface area contributed by atoms with E-state index >= 15 is 0 Å². The molecule has 0 aromatic heterocycles. The number of anilines is 1. The molecule has 2 aromatic rings. The standard InChI is InChI=1S/C24H26NO/c1-3-10-21-17(6-1)19-9-5-8-16(24(19)25-21)15-12-13-23-20(14-15)18-7-2-4-11-22(18)26-23/h1,3,6,10,12-13,16,18-19,22,24-25H,2,4-5,7-9,11H2. The second-order valence-electron chi connectivity index (χ2n) is 8.64. The van der Waals surface area contributed by atoms with Gasteiger partial charge in [-0.1, -0.05) is 37.1 Å². The molecule has 5 unspecified atom stereocenters. The zero-order chi connectivity index (χ0) is 17.1. The number of ether oxygens (including phenoxy) is 1. The first-order chi connectivity index (χ1) is 12.9. The summed E-state index contributed by atoms with van der Waals surface area (Å²) in [5.41, 5.74) is 5.67. The maximum atomic E-state index is 6.24. The minimum atomic E-state index is 0.415. The summed E-state index contributed by atoms with van der Waals surface area (Å²) in [5, 5.41) is 3.86. The van der Waals surface area contributed by atoms with Crippen molar-refractivity contribution in [1.29, 1.82) is 0 Å². The first kappa shape index (κ1) is 15.1. The van der Waals surface area contributed by atoms with E-state index < -0.39 is 0 Å². The number of benzene rings is 2. The molecule has 0 bridgehead atoms. The molecule has 2 saturated carbocycles. The Kier molecular flexibility index (Phi) is 3.36. The molecule has 0 amide bonds. The predicted octanol–water partition coefficient (Wildman–Crippen LogP) is 5.75. The molecule has 0 spiro atoms. The van der Waals surface area contributed by atoms with Crippen LogP contribution in [0.5, 0.6) is 5.75 Å². The van der Waals surface area contributed by atoms with Crippen LogP contribution in [0.3, 0.4) is 0 Å². The van der Waals surface area contributed by atoms with Crippen molar-refractivity contribution < 1.29 is 4.74 Å². The van der Waals surface area contributed by atoms with E-state index in [1.807, 2.05) is 0 Å². The number of nitrogens with one attached hydrogen (secondary N) is 1. The summed E-state index contributed by atoms with van der Waals surface area (Å²) in [6.07, 6.45) is 9.46. The first-order valence-electron chi connectivity index (χ1n) is 10.5. The summed E-state index contributed by atoms with van der Waals surface area (Å²) in [7, 11) is 0. The molecule has 1 N–H and O–H groups in total. The summed E-state index contributed by atoms with van der Waals surface area (Å²) in [6.45, 7) is 0. The summed E-state index contributed by atoms with van der Waals surface area (Å²) >= 11 is 0. The third-order valence-corrected chi connectivity index (χ3v) is 7.29. The van der Waals surface area contributed by atoms with E-state index in [2.05, 4.69) is 47.8 Å². The number of rotatable bonds is 1. The van der Waals surface area contributed by atoms with Crippen LogP contribution in [0.1, 0.15) is 79.4 Å². The summed E-state index contributed by atoms with van der Waals surface area (Å²) in [5.74, 6) is 2.92. The van der Waals surface area contributed by atoms with Gasteiger partial charge in [-0.05, 0) is 61.4 Å². The van der Waals surface area contributed by atoms with Crippen LogP contribution >= 0.6 is 0 Å². The zero-order valence-electron chi connectivity index (χ0n) is 15.2. The largest absolute Gasteiger partial charge is 0.489 e. The minimum absolute atomic E-state index is 0.415. The van der Waals surface area contributed by atoms with Gasteiger partial charge >= 0.3 is 0 Å².